The smallest absolute Gasteiger partial charge is 0.242 e. The van der Waals surface area contributed by atoms with Crippen molar-refractivity contribution in [2.45, 2.75) is 117 Å². The molecule has 0 aromatic heterocycles. The molecular formula is C25H47N3O4. The van der Waals surface area contributed by atoms with Gasteiger partial charge >= 0.3 is 0 Å². The van der Waals surface area contributed by atoms with Gasteiger partial charge in [-0.25, -0.2) is 0 Å². The molecule has 0 aliphatic carbocycles. The zero-order valence-electron chi connectivity index (χ0n) is 20.9. The van der Waals surface area contributed by atoms with Crippen molar-refractivity contribution in [3.63, 3.8) is 0 Å². The summed E-state index contributed by atoms with van der Waals surface area (Å²) in [5, 5.41) is 19.6. The summed E-state index contributed by atoms with van der Waals surface area (Å²) < 4.78 is 0. The molecule has 6 atom stereocenters. The van der Waals surface area contributed by atoms with Crippen LogP contribution in [0.15, 0.2) is 0 Å². The van der Waals surface area contributed by atoms with Crippen LogP contribution in [0.3, 0.4) is 0 Å². The highest BCUT2D eigenvalue weighted by Gasteiger charge is 2.29. The Kier molecular flexibility index (Phi) is 13.5. The molecule has 1 aliphatic heterocycles. The molecule has 2 unspecified atom stereocenters. The summed E-state index contributed by atoms with van der Waals surface area (Å²) in [7, 11) is 0. The Bertz CT molecular complexity index is 584. The van der Waals surface area contributed by atoms with Crippen molar-refractivity contribution in [3.05, 3.63) is 0 Å². The van der Waals surface area contributed by atoms with Gasteiger partial charge in [0.15, 0.2) is 0 Å². The molecule has 0 radical (unpaired) electrons. The number of unbranched alkanes of at least 4 members (excludes halogenated alkanes) is 1. The fourth-order valence-corrected chi connectivity index (χ4v) is 4.25. The van der Waals surface area contributed by atoms with Crippen LogP contribution in [0, 0.1) is 17.8 Å². The third-order valence-corrected chi connectivity index (χ3v) is 6.60. The molecule has 1 saturated heterocycles. The number of carbonyl (C=O) groups excluding carboxylic acids is 3. The second-order valence-electron chi connectivity index (χ2n) is 10.0. The first-order valence-electron chi connectivity index (χ1n) is 12.7. The average molecular weight is 454 g/mol. The van der Waals surface area contributed by atoms with Crippen LogP contribution in [0.5, 0.6) is 0 Å². The zero-order valence-corrected chi connectivity index (χ0v) is 20.9. The fourth-order valence-electron chi connectivity index (χ4n) is 4.25. The minimum atomic E-state index is -0.827. The van der Waals surface area contributed by atoms with Crippen LogP contribution in [0.1, 0.15) is 98.8 Å². The molecule has 0 aromatic carbocycles. The predicted octanol–water partition coefficient (Wildman–Crippen LogP) is 3.30. The number of rotatable bonds is 7. The van der Waals surface area contributed by atoms with E-state index < -0.39 is 18.2 Å². The van der Waals surface area contributed by atoms with E-state index in [1.165, 1.54) is 0 Å². The topological polar surface area (TPSA) is 108 Å². The highest BCUT2D eigenvalue weighted by molar-refractivity contribution is 5.87. The van der Waals surface area contributed by atoms with E-state index in [9.17, 15) is 19.5 Å². The Hall–Kier alpha value is -1.63. The monoisotopic (exact) mass is 453 g/mol. The first-order valence-corrected chi connectivity index (χ1v) is 12.7. The van der Waals surface area contributed by atoms with Gasteiger partial charge in [0.05, 0.1) is 12.1 Å². The molecule has 1 fully saturated rings. The summed E-state index contributed by atoms with van der Waals surface area (Å²) in [5.41, 5.74) is 0. The maximum absolute atomic E-state index is 12.8. The van der Waals surface area contributed by atoms with E-state index in [2.05, 4.69) is 36.7 Å². The van der Waals surface area contributed by atoms with Gasteiger partial charge in [-0.3, -0.25) is 14.4 Å². The Balaban J connectivity index is 2.82. The van der Waals surface area contributed by atoms with Crippen LogP contribution in [0.25, 0.3) is 0 Å². The molecule has 1 rings (SSSR count). The minimum absolute atomic E-state index is 0.0660. The molecule has 186 valence electrons. The standard InChI is InChI=1S/C25H47N3O4/c1-6-7-14-26-24(31)19(4)16-22(29)21-15-18(3)11-9-8-10-17(2)12-13-23(30)27-20(5)25(32)28-21/h17-22,29H,6-16H2,1-5H3,(H,26,31)(H,27,30)(H,28,32)/t17-,18-,19?,20+,21+,22?/m1/s1. The number of nitrogens with one attached hydrogen (secondary N) is 3. The number of amides is 3. The Morgan fingerprint density at radius 1 is 1.09 bits per heavy atom. The van der Waals surface area contributed by atoms with Gasteiger partial charge in [0.25, 0.3) is 0 Å². The van der Waals surface area contributed by atoms with E-state index >= 15 is 0 Å². The number of carbonyl (C=O) groups is 3. The van der Waals surface area contributed by atoms with E-state index in [0.717, 1.165) is 44.9 Å². The lowest BCUT2D eigenvalue weighted by atomic mass is 9.89. The Labute approximate surface area is 194 Å². The third kappa shape index (κ3) is 11.3. The Morgan fingerprint density at radius 3 is 2.41 bits per heavy atom. The summed E-state index contributed by atoms with van der Waals surface area (Å²) >= 11 is 0. The number of aliphatic hydroxyl groups is 1. The van der Waals surface area contributed by atoms with Gasteiger partial charge in [0.2, 0.25) is 17.7 Å². The molecule has 7 heteroatoms. The quantitative estimate of drug-likeness (QED) is 0.444. The molecule has 0 bridgehead atoms. The van der Waals surface area contributed by atoms with Gasteiger partial charge in [-0.15, -0.1) is 0 Å². The Morgan fingerprint density at radius 2 is 1.75 bits per heavy atom. The maximum Gasteiger partial charge on any atom is 0.242 e. The van der Waals surface area contributed by atoms with E-state index in [1.54, 1.807) is 6.92 Å². The lowest BCUT2D eigenvalue weighted by Crippen LogP contribution is -2.52. The average Bonchev–Trinajstić information content (AvgIpc) is 2.74. The van der Waals surface area contributed by atoms with Crippen molar-refractivity contribution in [2.24, 2.45) is 17.8 Å². The summed E-state index contributed by atoms with van der Waals surface area (Å²) in [4.78, 5) is 37.3. The van der Waals surface area contributed by atoms with Crippen molar-refractivity contribution >= 4 is 17.7 Å². The van der Waals surface area contributed by atoms with Crippen molar-refractivity contribution in [2.75, 3.05) is 6.54 Å². The lowest BCUT2D eigenvalue weighted by Gasteiger charge is -2.29. The number of hydrogen-bond donors (Lipinski definition) is 4. The summed E-state index contributed by atoms with van der Waals surface area (Å²) in [5.74, 6) is 0.0154. The van der Waals surface area contributed by atoms with E-state index in [0.29, 0.717) is 31.2 Å². The van der Waals surface area contributed by atoms with Crippen LogP contribution < -0.4 is 16.0 Å². The fraction of sp³-hybridized carbons (Fsp3) is 0.880. The second kappa shape index (κ2) is 15.3. The SMILES string of the molecule is CCCCNC(=O)C(C)CC(O)[C@@H]1C[C@H](C)CCCC[C@@H](C)CCC(=O)N[C@@H](C)C(=O)N1. The maximum atomic E-state index is 12.8. The van der Waals surface area contributed by atoms with Crippen LogP contribution in [0.4, 0.5) is 0 Å². The van der Waals surface area contributed by atoms with Crippen LogP contribution in [-0.2, 0) is 14.4 Å². The third-order valence-electron chi connectivity index (χ3n) is 6.60. The molecular weight excluding hydrogens is 406 g/mol. The van der Waals surface area contributed by atoms with E-state index in [-0.39, 0.29) is 30.1 Å². The molecule has 0 aromatic rings. The van der Waals surface area contributed by atoms with Gasteiger partial charge in [-0.05, 0) is 44.4 Å². The molecule has 1 heterocycles. The van der Waals surface area contributed by atoms with Gasteiger partial charge in [-0.2, -0.15) is 0 Å². The summed E-state index contributed by atoms with van der Waals surface area (Å²) in [6.45, 7) is 10.5. The van der Waals surface area contributed by atoms with E-state index in [1.807, 2.05) is 6.92 Å². The van der Waals surface area contributed by atoms with Crippen LogP contribution >= 0.6 is 0 Å². The van der Waals surface area contributed by atoms with Crippen LogP contribution in [0.2, 0.25) is 0 Å². The molecule has 7 nitrogen and oxygen atoms in total. The van der Waals surface area contributed by atoms with Gasteiger partial charge in [0.1, 0.15) is 6.04 Å². The van der Waals surface area contributed by atoms with Crippen molar-refractivity contribution in [3.8, 4) is 0 Å². The molecule has 4 N–H and O–H groups in total. The molecule has 32 heavy (non-hydrogen) atoms. The first-order chi connectivity index (χ1) is 15.1. The van der Waals surface area contributed by atoms with Crippen molar-refractivity contribution in [1.82, 2.24) is 16.0 Å². The number of aliphatic hydroxyl groups excluding tert-OH is 1. The normalized spacial score (nSPS) is 28.4. The molecule has 3 amide bonds. The highest BCUT2D eigenvalue weighted by Crippen LogP contribution is 2.22. The van der Waals surface area contributed by atoms with Gasteiger partial charge < -0.3 is 21.1 Å². The van der Waals surface area contributed by atoms with Crippen molar-refractivity contribution < 1.29 is 19.5 Å². The lowest BCUT2D eigenvalue weighted by molar-refractivity contribution is -0.130. The predicted molar refractivity (Wildman–Crippen MR) is 128 cm³/mol. The van der Waals surface area contributed by atoms with Crippen LogP contribution in [-0.4, -0.2) is 47.6 Å². The second-order valence-corrected chi connectivity index (χ2v) is 10.0. The molecule has 0 spiro atoms. The van der Waals surface area contributed by atoms with Gasteiger partial charge in [0, 0.05) is 18.9 Å². The highest BCUT2D eigenvalue weighted by atomic mass is 16.3. The van der Waals surface area contributed by atoms with Crippen molar-refractivity contribution in [1.29, 1.82) is 0 Å². The molecule has 0 saturated carbocycles. The largest absolute Gasteiger partial charge is 0.391 e. The minimum Gasteiger partial charge on any atom is -0.391 e. The molecule has 1 aliphatic rings. The van der Waals surface area contributed by atoms with Gasteiger partial charge in [-0.1, -0.05) is 59.8 Å². The first kappa shape index (κ1) is 28.4. The summed E-state index contributed by atoms with van der Waals surface area (Å²) in [6, 6.07) is -1.12. The number of hydrogen-bond acceptors (Lipinski definition) is 4. The zero-order chi connectivity index (χ0) is 24.1. The van der Waals surface area contributed by atoms with E-state index in [4.69, 9.17) is 0 Å². The summed E-state index contributed by atoms with van der Waals surface area (Å²) in [6.07, 6.45) is 7.65.